The van der Waals surface area contributed by atoms with E-state index in [0.29, 0.717) is 17.1 Å². The molecule has 1 fully saturated rings. The van der Waals surface area contributed by atoms with Crippen molar-refractivity contribution in [3.05, 3.63) is 99.6 Å². The van der Waals surface area contributed by atoms with E-state index in [1.165, 1.54) is 0 Å². The maximum Gasteiger partial charge on any atom is 0.247 e. The van der Waals surface area contributed by atoms with E-state index in [-0.39, 0.29) is 10.1 Å². The maximum absolute atomic E-state index is 13.9. The van der Waals surface area contributed by atoms with E-state index in [0.717, 1.165) is 16.7 Å². The van der Waals surface area contributed by atoms with Crippen LogP contribution in [0.25, 0.3) is 0 Å². The number of nitrogens with one attached hydrogen (secondary N) is 1. The summed E-state index contributed by atoms with van der Waals surface area (Å²) in [7, 11) is 0. The van der Waals surface area contributed by atoms with Gasteiger partial charge in [0.25, 0.3) is 0 Å². The Morgan fingerprint density at radius 2 is 1.30 bits per heavy atom. The minimum absolute atomic E-state index is 0.0296. The summed E-state index contributed by atoms with van der Waals surface area (Å²) in [6.07, 6.45) is 1.61. The molecule has 0 aromatic heterocycles. The lowest BCUT2D eigenvalue weighted by atomic mass is 9.70. The summed E-state index contributed by atoms with van der Waals surface area (Å²) >= 11 is 20.6. The highest BCUT2D eigenvalue weighted by Gasteiger charge is 2.72. The Labute approximate surface area is 230 Å². The number of carbonyl (C=O) groups is 2. The van der Waals surface area contributed by atoms with Crippen LogP contribution in [0.15, 0.2) is 87.9 Å². The molecule has 0 spiro atoms. The number of piperidine rings is 1. The summed E-state index contributed by atoms with van der Waals surface area (Å²) in [5.41, 5.74) is 3.27. The quantitative estimate of drug-likeness (QED) is 0.163. The fraction of sp³-hybridized carbons (Fsp3) is 0.207. The van der Waals surface area contributed by atoms with Crippen molar-refractivity contribution >= 4 is 69.6 Å². The van der Waals surface area contributed by atoms with Gasteiger partial charge in [-0.05, 0) is 57.2 Å². The highest BCUT2D eigenvalue weighted by Crippen LogP contribution is 2.55. The van der Waals surface area contributed by atoms with Gasteiger partial charge in [-0.15, -0.1) is 0 Å². The molecule has 188 valence electrons. The van der Waals surface area contributed by atoms with Crippen molar-refractivity contribution in [3.8, 4) is 0 Å². The predicted molar refractivity (Wildman–Crippen MR) is 152 cm³/mol. The number of halogens is 3. The Balaban J connectivity index is 1.76. The second kappa shape index (κ2) is 9.32. The number of benzene rings is 3. The zero-order valence-electron chi connectivity index (χ0n) is 20.4. The molecule has 3 atom stereocenters. The number of nitrogens with zero attached hydrogens (tertiary/aromatic N) is 2. The molecule has 6 rings (SSSR count). The Morgan fingerprint density at radius 3 is 1.86 bits per heavy atom. The molecule has 5 nitrogen and oxygen atoms in total. The molecule has 3 aliphatic rings. The highest BCUT2D eigenvalue weighted by molar-refractivity contribution is 6.66. The van der Waals surface area contributed by atoms with E-state index < -0.39 is 28.1 Å². The minimum atomic E-state index is -2.01. The standard InChI is InChI=1S/C29H24Cl3N3O2/c1-17-4-10-20(11-5-17)33-16-23-28(34-21-12-6-18(2)7-13-21)24(30)25(31)29(32,27(37)26(28)36)35(23)22-14-8-19(3)9-15-22/h4-16,23,34H,1-3H3/t23?,28-,29-/m1/s1. The SMILES string of the molecule is Cc1ccc(N=CC2N(c3ccc(C)cc3)[C@@]3(Cl)C(=O)C(=O)[C@]2(Nc2ccc(C)cc2)C(Cl)=C3Cl)cc1. The van der Waals surface area contributed by atoms with E-state index in [2.05, 4.69) is 10.3 Å². The summed E-state index contributed by atoms with van der Waals surface area (Å²) in [5.74, 6) is -1.63. The maximum atomic E-state index is 13.9. The second-order valence-electron chi connectivity index (χ2n) is 9.47. The fourth-order valence-corrected chi connectivity index (χ4v) is 5.91. The van der Waals surface area contributed by atoms with Crippen LogP contribution in [-0.4, -0.2) is 34.4 Å². The summed E-state index contributed by atoms with van der Waals surface area (Å²) in [4.78, 5) is 31.8. The van der Waals surface area contributed by atoms with Gasteiger partial charge in [0.15, 0.2) is 5.54 Å². The Morgan fingerprint density at radius 1 is 0.784 bits per heavy atom. The number of carbonyl (C=O) groups excluding carboxylic acids is 2. The first-order valence-electron chi connectivity index (χ1n) is 11.7. The monoisotopic (exact) mass is 551 g/mol. The first kappa shape index (κ1) is 25.5. The van der Waals surface area contributed by atoms with Gasteiger partial charge in [-0.3, -0.25) is 14.6 Å². The molecule has 2 bridgehead atoms. The summed E-state index contributed by atoms with van der Waals surface area (Å²) < 4.78 is 0. The van der Waals surface area contributed by atoms with E-state index in [9.17, 15) is 9.59 Å². The lowest BCUT2D eigenvalue weighted by Crippen LogP contribution is -2.80. The zero-order chi connectivity index (χ0) is 26.5. The summed E-state index contributed by atoms with van der Waals surface area (Å²) in [5, 5.41) is 3.12. The zero-order valence-corrected chi connectivity index (χ0v) is 22.7. The predicted octanol–water partition coefficient (Wildman–Crippen LogP) is 6.83. The fourth-order valence-electron chi connectivity index (χ4n) is 4.77. The first-order chi connectivity index (χ1) is 17.6. The Kier molecular flexibility index (Phi) is 6.43. The van der Waals surface area contributed by atoms with Crippen molar-refractivity contribution in [2.24, 2.45) is 4.99 Å². The van der Waals surface area contributed by atoms with Gasteiger partial charge in [-0.25, -0.2) is 0 Å². The number of ketones is 2. The van der Waals surface area contributed by atoms with Crippen molar-refractivity contribution in [2.75, 3.05) is 10.2 Å². The van der Waals surface area contributed by atoms with Gasteiger partial charge in [0.2, 0.25) is 16.6 Å². The van der Waals surface area contributed by atoms with Crippen molar-refractivity contribution in [2.45, 2.75) is 37.4 Å². The van der Waals surface area contributed by atoms with Crippen LogP contribution < -0.4 is 10.2 Å². The molecule has 1 aliphatic carbocycles. The lowest BCUT2D eigenvalue weighted by Gasteiger charge is -2.58. The molecule has 8 heteroatoms. The number of rotatable bonds is 5. The Bertz CT molecular complexity index is 1450. The minimum Gasteiger partial charge on any atom is -0.366 e. The van der Waals surface area contributed by atoms with Gasteiger partial charge in [-0.1, -0.05) is 87.9 Å². The number of anilines is 2. The third-order valence-corrected chi connectivity index (χ3v) is 8.54. The van der Waals surface area contributed by atoms with Gasteiger partial charge < -0.3 is 10.2 Å². The lowest BCUT2D eigenvalue weighted by molar-refractivity contribution is -0.142. The number of aryl methyl sites for hydroxylation is 3. The summed E-state index contributed by atoms with van der Waals surface area (Å²) in [6, 6.07) is 21.6. The van der Waals surface area contributed by atoms with Gasteiger partial charge in [0.1, 0.15) is 6.04 Å². The van der Waals surface area contributed by atoms with E-state index in [4.69, 9.17) is 34.8 Å². The molecule has 2 aliphatic heterocycles. The average Bonchev–Trinajstić information content (AvgIpc) is 2.89. The van der Waals surface area contributed by atoms with Gasteiger partial charge >= 0.3 is 0 Å². The van der Waals surface area contributed by atoms with Crippen molar-refractivity contribution in [3.63, 3.8) is 0 Å². The van der Waals surface area contributed by atoms with Crippen LogP contribution in [0, 0.1) is 20.8 Å². The van der Waals surface area contributed by atoms with Crippen LogP contribution >= 0.6 is 34.8 Å². The first-order valence-corrected chi connectivity index (χ1v) is 12.9. The largest absolute Gasteiger partial charge is 0.366 e. The number of hydrogen-bond acceptors (Lipinski definition) is 5. The van der Waals surface area contributed by atoms with Gasteiger partial charge in [0, 0.05) is 17.6 Å². The van der Waals surface area contributed by atoms with Crippen LogP contribution in [-0.2, 0) is 9.59 Å². The summed E-state index contributed by atoms with van der Waals surface area (Å²) in [6.45, 7) is 5.90. The molecule has 0 radical (unpaired) electrons. The molecule has 0 amide bonds. The average molecular weight is 553 g/mol. The second-order valence-corrected chi connectivity index (χ2v) is 10.8. The molecular formula is C29H24Cl3N3O2. The topological polar surface area (TPSA) is 61.8 Å². The van der Waals surface area contributed by atoms with Crippen molar-refractivity contribution in [1.29, 1.82) is 0 Å². The van der Waals surface area contributed by atoms with Crippen LogP contribution in [0.4, 0.5) is 17.1 Å². The number of fused-ring (bicyclic) bond motifs is 2. The molecule has 0 saturated carbocycles. The van der Waals surface area contributed by atoms with Gasteiger partial charge in [0.05, 0.1) is 15.8 Å². The van der Waals surface area contributed by atoms with Crippen molar-refractivity contribution < 1.29 is 9.59 Å². The smallest absolute Gasteiger partial charge is 0.247 e. The third kappa shape index (κ3) is 3.97. The normalized spacial score (nSPS) is 25.4. The van der Waals surface area contributed by atoms with E-state index >= 15 is 0 Å². The molecular weight excluding hydrogens is 529 g/mol. The molecule has 37 heavy (non-hydrogen) atoms. The van der Waals surface area contributed by atoms with E-state index in [1.54, 1.807) is 11.1 Å². The van der Waals surface area contributed by atoms with Crippen LogP contribution in [0.1, 0.15) is 16.7 Å². The Hall–Kier alpha value is -3.12. The third-order valence-electron chi connectivity index (χ3n) is 6.85. The van der Waals surface area contributed by atoms with Crippen LogP contribution in [0.2, 0.25) is 0 Å². The highest BCUT2D eigenvalue weighted by atomic mass is 35.5. The van der Waals surface area contributed by atoms with Crippen LogP contribution in [0.5, 0.6) is 0 Å². The molecule has 3 aromatic carbocycles. The number of alkyl halides is 1. The molecule has 1 saturated heterocycles. The molecule has 2 heterocycles. The van der Waals surface area contributed by atoms with Gasteiger partial charge in [-0.2, -0.15) is 0 Å². The number of hydrogen-bond donors (Lipinski definition) is 1. The number of Topliss-reactive ketones (excluding diaryl/α,β-unsaturated/α-hetero) is 2. The van der Waals surface area contributed by atoms with E-state index in [1.807, 2.05) is 93.6 Å². The van der Waals surface area contributed by atoms with Crippen LogP contribution in [0.3, 0.4) is 0 Å². The molecule has 3 aromatic rings. The molecule has 1 N–H and O–H groups in total. The number of aliphatic imine (C=N–C) groups is 1. The van der Waals surface area contributed by atoms with Crippen molar-refractivity contribution in [1.82, 2.24) is 0 Å². The molecule has 1 unspecified atom stereocenters.